The van der Waals surface area contributed by atoms with Crippen molar-refractivity contribution >= 4 is 0 Å². The van der Waals surface area contributed by atoms with Gasteiger partial charge in [0.1, 0.15) is 0 Å². The normalized spacial score (nSPS) is 19.8. The minimum Gasteiger partial charge on any atom is -0.300 e. The molecule has 0 aliphatic carbocycles. The highest BCUT2D eigenvalue weighted by Crippen LogP contribution is 2.11. The highest BCUT2D eigenvalue weighted by atomic mass is 15.3. The number of terminal acetylenes is 1. The first-order valence-corrected chi connectivity index (χ1v) is 4.14. The molecule has 0 radical (unpaired) electrons. The monoisotopic (exact) mass is 152 g/mol. The molecule has 0 unspecified atom stereocenters. The Balaban J connectivity index is 2.16. The molecule has 0 N–H and O–H groups in total. The molecule has 2 nitrogen and oxygen atoms in total. The average molecular weight is 152 g/mol. The fourth-order valence-electron chi connectivity index (χ4n) is 1.35. The van der Waals surface area contributed by atoms with E-state index >= 15 is 0 Å². The quantitative estimate of drug-likeness (QED) is 0.535. The van der Waals surface area contributed by atoms with Gasteiger partial charge in [0, 0.05) is 19.1 Å². The van der Waals surface area contributed by atoms with Crippen molar-refractivity contribution in [2.75, 3.05) is 33.2 Å². The van der Waals surface area contributed by atoms with Crippen LogP contribution in [-0.4, -0.2) is 49.1 Å². The SMILES string of the molecule is C#CCN(C)C1CN(CC)C1. The molecule has 1 heterocycles. The van der Waals surface area contributed by atoms with Gasteiger partial charge in [-0.3, -0.25) is 4.90 Å². The number of likely N-dealkylation sites (tertiary alicyclic amines) is 1. The van der Waals surface area contributed by atoms with E-state index in [0.717, 1.165) is 6.54 Å². The van der Waals surface area contributed by atoms with Gasteiger partial charge in [0.05, 0.1) is 6.54 Å². The molecule has 0 aromatic rings. The molecule has 0 atom stereocenters. The molecule has 1 aliphatic heterocycles. The van der Waals surface area contributed by atoms with Gasteiger partial charge in [-0.15, -0.1) is 6.42 Å². The lowest BCUT2D eigenvalue weighted by Crippen LogP contribution is -2.58. The van der Waals surface area contributed by atoms with Crippen molar-refractivity contribution in [3.63, 3.8) is 0 Å². The van der Waals surface area contributed by atoms with Crippen LogP contribution >= 0.6 is 0 Å². The van der Waals surface area contributed by atoms with Gasteiger partial charge in [0.2, 0.25) is 0 Å². The lowest BCUT2D eigenvalue weighted by molar-refractivity contribution is 0.0616. The molecule has 0 aromatic heterocycles. The van der Waals surface area contributed by atoms with E-state index in [1.165, 1.54) is 19.6 Å². The van der Waals surface area contributed by atoms with E-state index in [0.29, 0.717) is 6.04 Å². The summed E-state index contributed by atoms with van der Waals surface area (Å²) in [5, 5.41) is 0. The minimum absolute atomic E-state index is 0.700. The zero-order valence-corrected chi connectivity index (χ0v) is 7.38. The van der Waals surface area contributed by atoms with Crippen LogP contribution in [0.5, 0.6) is 0 Å². The third kappa shape index (κ3) is 1.95. The molecule has 1 fully saturated rings. The Morgan fingerprint density at radius 3 is 2.73 bits per heavy atom. The summed E-state index contributed by atoms with van der Waals surface area (Å²) in [5.41, 5.74) is 0. The summed E-state index contributed by atoms with van der Waals surface area (Å²) in [6, 6.07) is 0.700. The zero-order valence-electron chi connectivity index (χ0n) is 7.38. The number of likely N-dealkylation sites (N-methyl/N-ethyl adjacent to an activating group) is 2. The molecule has 0 spiro atoms. The van der Waals surface area contributed by atoms with E-state index < -0.39 is 0 Å². The lowest BCUT2D eigenvalue weighted by Gasteiger charge is -2.43. The summed E-state index contributed by atoms with van der Waals surface area (Å²) in [4.78, 5) is 4.66. The van der Waals surface area contributed by atoms with E-state index in [2.05, 4.69) is 29.7 Å². The van der Waals surface area contributed by atoms with Crippen molar-refractivity contribution in [1.82, 2.24) is 9.80 Å². The molecule has 1 aliphatic rings. The highest BCUT2D eigenvalue weighted by molar-refractivity contribution is 4.93. The molecular formula is C9H16N2. The molecule has 0 saturated carbocycles. The molecule has 0 bridgehead atoms. The maximum Gasteiger partial charge on any atom is 0.0599 e. The van der Waals surface area contributed by atoms with Crippen LogP contribution in [0.25, 0.3) is 0 Å². The van der Waals surface area contributed by atoms with E-state index in [9.17, 15) is 0 Å². The molecule has 0 amide bonds. The number of nitrogens with zero attached hydrogens (tertiary/aromatic N) is 2. The van der Waals surface area contributed by atoms with Crippen LogP contribution < -0.4 is 0 Å². The van der Waals surface area contributed by atoms with Gasteiger partial charge in [0.15, 0.2) is 0 Å². The summed E-state index contributed by atoms with van der Waals surface area (Å²) >= 11 is 0. The van der Waals surface area contributed by atoms with Gasteiger partial charge in [-0.25, -0.2) is 0 Å². The van der Waals surface area contributed by atoms with Crippen LogP contribution in [0.4, 0.5) is 0 Å². The molecule has 1 saturated heterocycles. The van der Waals surface area contributed by atoms with Crippen molar-refractivity contribution in [3.05, 3.63) is 0 Å². The lowest BCUT2D eigenvalue weighted by atomic mass is 10.1. The molecular weight excluding hydrogens is 136 g/mol. The zero-order chi connectivity index (χ0) is 8.27. The van der Waals surface area contributed by atoms with E-state index in [4.69, 9.17) is 6.42 Å². The number of rotatable bonds is 3. The molecule has 11 heavy (non-hydrogen) atoms. The summed E-state index contributed by atoms with van der Waals surface area (Å²) in [7, 11) is 2.09. The Labute approximate surface area is 69.2 Å². The Hall–Kier alpha value is -0.520. The van der Waals surface area contributed by atoms with Gasteiger partial charge >= 0.3 is 0 Å². The topological polar surface area (TPSA) is 6.48 Å². The molecule has 1 rings (SSSR count). The summed E-state index contributed by atoms with van der Waals surface area (Å²) < 4.78 is 0. The van der Waals surface area contributed by atoms with Crippen molar-refractivity contribution in [2.24, 2.45) is 0 Å². The standard InChI is InChI=1S/C9H16N2/c1-4-6-10(3)9-7-11(5-2)8-9/h1,9H,5-8H2,2-3H3. The summed E-state index contributed by atoms with van der Waals surface area (Å²) in [6.45, 7) is 6.52. The van der Waals surface area contributed by atoms with Crippen LogP contribution in [0, 0.1) is 12.3 Å². The predicted molar refractivity (Wildman–Crippen MR) is 47.4 cm³/mol. The first kappa shape index (κ1) is 8.58. The third-order valence-electron chi connectivity index (χ3n) is 2.35. The smallest absolute Gasteiger partial charge is 0.0599 e. The first-order chi connectivity index (χ1) is 5.27. The van der Waals surface area contributed by atoms with Crippen LogP contribution in [0.3, 0.4) is 0 Å². The predicted octanol–water partition coefficient (Wildman–Crippen LogP) is 0.256. The van der Waals surface area contributed by atoms with Gasteiger partial charge in [-0.2, -0.15) is 0 Å². The maximum atomic E-state index is 5.21. The second-order valence-corrected chi connectivity index (χ2v) is 3.13. The number of hydrogen-bond donors (Lipinski definition) is 0. The summed E-state index contributed by atoms with van der Waals surface area (Å²) in [6.07, 6.45) is 5.21. The van der Waals surface area contributed by atoms with Crippen LogP contribution in [0.1, 0.15) is 6.92 Å². The van der Waals surface area contributed by atoms with Crippen LogP contribution in [0.2, 0.25) is 0 Å². The second-order valence-electron chi connectivity index (χ2n) is 3.13. The van der Waals surface area contributed by atoms with Gasteiger partial charge in [-0.1, -0.05) is 12.8 Å². The van der Waals surface area contributed by atoms with Gasteiger partial charge in [0.25, 0.3) is 0 Å². The largest absolute Gasteiger partial charge is 0.300 e. The Morgan fingerprint density at radius 1 is 1.64 bits per heavy atom. The van der Waals surface area contributed by atoms with Gasteiger partial charge < -0.3 is 4.90 Å². The second kappa shape index (κ2) is 3.75. The fraction of sp³-hybridized carbons (Fsp3) is 0.778. The molecule has 62 valence electrons. The first-order valence-electron chi connectivity index (χ1n) is 4.14. The third-order valence-corrected chi connectivity index (χ3v) is 2.35. The van der Waals surface area contributed by atoms with Crippen molar-refractivity contribution in [3.8, 4) is 12.3 Å². The fourth-order valence-corrected chi connectivity index (χ4v) is 1.35. The molecule has 0 aromatic carbocycles. The maximum absolute atomic E-state index is 5.21. The average Bonchev–Trinajstić information content (AvgIpc) is 1.86. The minimum atomic E-state index is 0.700. The van der Waals surface area contributed by atoms with Crippen LogP contribution in [0.15, 0.2) is 0 Å². The van der Waals surface area contributed by atoms with Crippen LogP contribution in [-0.2, 0) is 0 Å². The van der Waals surface area contributed by atoms with E-state index in [1.807, 2.05) is 0 Å². The Bertz CT molecular complexity index is 153. The Kier molecular flexibility index (Phi) is 2.92. The van der Waals surface area contributed by atoms with Gasteiger partial charge in [-0.05, 0) is 13.6 Å². The summed E-state index contributed by atoms with van der Waals surface area (Å²) in [5.74, 6) is 2.66. The van der Waals surface area contributed by atoms with E-state index in [-0.39, 0.29) is 0 Å². The molecule has 2 heteroatoms. The van der Waals surface area contributed by atoms with Crippen molar-refractivity contribution in [2.45, 2.75) is 13.0 Å². The highest BCUT2D eigenvalue weighted by Gasteiger charge is 2.27. The van der Waals surface area contributed by atoms with E-state index in [1.54, 1.807) is 0 Å². The number of hydrogen-bond acceptors (Lipinski definition) is 2. The van der Waals surface area contributed by atoms with Crippen molar-refractivity contribution < 1.29 is 0 Å². The Morgan fingerprint density at radius 2 is 2.27 bits per heavy atom. The van der Waals surface area contributed by atoms with Crippen molar-refractivity contribution in [1.29, 1.82) is 0 Å².